The van der Waals surface area contributed by atoms with Gasteiger partial charge in [-0.3, -0.25) is 13.9 Å². The second-order valence-corrected chi connectivity index (χ2v) is 14.8. The van der Waals surface area contributed by atoms with Crippen LogP contribution in [-0.4, -0.2) is 50.0 Å². The summed E-state index contributed by atoms with van der Waals surface area (Å²) in [6.45, 7) is 4.13. The number of carbonyl (C=O) groups is 2. The summed E-state index contributed by atoms with van der Waals surface area (Å²) < 4.78 is 27.0. The molecule has 3 aromatic rings. The van der Waals surface area contributed by atoms with E-state index in [9.17, 15) is 18.0 Å². The second-order valence-electron chi connectivity index (χ2n) is 12.1. The zero-order valence-corrected chi connectivity index (χ0v) is 28.6. The molecule has 3 aromatic carbocycles. The first kappa shape index (κ1) is 34.8. The predicted octanol–water partition coefficient (Wildman–Crippen LogP) is 7.25. The van der Waals surface area contributed by atoms with E-state index >= 15 is 0 Å². The first-order valence-electron chi connectivity index (χ1n) is 15.5. The second kappa shape index (κ2) is 16.0. The van der Waals surface area contributed by atoms with E-state index in [-0.39, 0.29) is 43.8 Å². The summed E-state index contributed by atoms with van der Waals surface area (Å²) in [4.78, 5) is 29.7. The highest BCUT2D eigenvalue weighted by Gasteiger charge is 2.32. The third kappa shape index (κ3) is 10.2. The van der Waals surface area contributed by atoms with Gasteiger partial charge in [-0.15, -0.1) is 0 Å². The fraction of sp³-hybridized carbons (Fsp3) is 0.429. The maximum atomic E-state index is 14.1. The molecule has 0 radical (unpaired) electrons. The third-order valence-corrected chi connectivity index (χ3v) is 10.1. The number of halogens is 2. The molecule has 242 valence electrons. The van der Waals surface area contributed by atoms with Gasteiger partial charge in [0, 0.05) is 32.0 Å². The molecule has 1 aliphatic carbocycles. The van der Waals surface area contributed by atoms with Gasteiger partial charge in [0.05, 0.1) is 22.0 Å². The Morgan fingerprint density at radius 3 is 2.18 bits per heavy atom. The SMILES string of the molecule is Cc1cc(C)cc(N(CCCC(=O)N(Cc2ccc(Cl)c(Cl)c2)C(Cc2ccccc2)C(=O)NC2CCCCC2)S(C)(=O)=O)c1. The number of nitrogens with zero attached hydrogens (tertiary/aromatic N) is 2. The molecular formula is C35H43Cl2N3O4S. The number of aryl methyl sites for hydroxylation is 2. The molecule has 1 unspecified atom stereocenters. The summed E-state index contributed by atoms with van der Waals surface area (Å²) in [5.74, 6) is -0.429. The van der Waals surface area contributed by atoms with Crippen molar-refractivity contribution in [1.29, 1.82) is 0 Å². The summed E-state index contributed by atoms with van der Waals surface area (Å²) in [5.41, 5.74) is 4.16. The molecule has 45 heavy (non-hydrogen) atoms. The van der Waals surface area contributed by atoms with E-state index < -0.39 is 16.1 Å². The topological polar surface area (TPSA) is 86.8 Å². The molecule has 0 aromatic heterocycles. The van der Waals surface area contributed by atoms with Crippen molar-refractivity contribution in [3.8, 4) is 0 Å². The van der Waals surface area contributed by atoms with Gasteiger partial charge in [0.25, 0.3) is 0 Å². The molecule has 1 fully saturated rings. The van der Waals surface area contributed by atoms with Crippen molar-refractivity contribution in [3.05, 3.63) is 99.0 Å². The van der Waals surface area contributed by atoms with Crippen molar-refractivity contribution in [2.45, 2.75) is 83.8 Å². The Kier molecular flexibility index (Phi) is 12.3. The summed E-state index contributed by atoms with van der Waals surface area (Å²) in [7, 11) is -3.60. The number of carbonyl (C=O) groups excluding carboxylic acids is 2. The number of benzene rings is 3. The smallest absolute Gasteiger partial charge is 0.243 e. The minimum absolute atomic E-state index is 0.0557. The van der Waals surface area contributed by atoms with Crippen LogP contribution in [0.15, 0.2) is 66.7 Å². The van der Waals surface area contributed by atoms with E-state index in [1.807, 2.05) is 62.4 Å². The van der Waals surface area contributed by atoms with Crippen LogP contribution in [0.25, 0.3) is 0 Å². The fourth-order valence-corrected chi connectivity index (χ4v) is 7.30. The summed E-state index contributed by atoms with van der Waals surface area (Å²) in [6, 6.07) is 19.8. The lowest BCUT2D eigenvalue weighted by Gasteiger charge is -2.34. The zero-order valence-electron chi connectivity index (χ0n) is 26.3. The van der Waals surface area contributed by atoms with E-state index in [0.29, 0.717) is 22.2 Å². The van der Waals surface area contributed by atoms with Gasteiger partial charge in [-0.25, -0.2) is 8.42 Å². The molecule has 10 heteroatoms. The van der Waals surface area contributed by atoms with Crippen LogP contribution in [0, 0.1) is 13.8 Å². The molecule has 0 spiro atoms. The average molecular weight is 673 g/mol. The summed E-state index contributed by atoms with van der Waals surface area (Å²) >= 11 is 12.5. The number of rotatable bonds is 13. The number of hydrogen-bond acceptors (Lipinski definition) is 4. The van der Waals surface area contributed by atoms with E-state index in [2.05, 4.69) is 5.32 Å². The third-order valence-electron chi connectivity index (χ3n) is 8.21. The van der Waals surface area contributed by atoms with E-state index in [0.717, 1.165) is 54.4 Å². The van der Waals surface area contributed by atoms with Crippen LogP contribution in [0.3, 0.4) is 0 Å². The summed E-state index contributed by atoms with van der Waals surface area (Å²) in [6.07, 6.45) is 6.98. The highest BCUT2D eigenvalue weighted by Crippen LogP contribution is 2.26. The molecule has 1 atom stereocenters. The van der Waals surface area contributed by atoms with E-state index in [1.165, 1.54) is 10.6 Å². The molecule has 0 saturated heterocycles. The highest BCUT2D eigenvalue weighted by molar-refractivity contribution is 7.92. The van der Waals surface area contributed by atoms with Gasteiger partial charge in [0.1, 0.15) is 6.04 Å². The van der Waals surface area contributed by atoms with Crippen molar-refractivity contribution in [1.82, 2.24) is 10.2 Å². The molecular weight excluding hydrogens is 629 g/mol. The molecule has 0 aliphatic heterocycles. The monoisotopic (exact) mass is 671 g/mol. The molecule has 1 aliphatic rings. The number of sulfonamides is 1. The highest BCUT2D eigenvalue weighted by atomic mass is 35.5. The Bertz CT molecular complexity index is 1560. The average Bonchev–Trinajstić information content (AvgIpc) is 2.98. The van der Waals surface area contributed by atoms with Crippen molar-refractivity contribution in [3.63, 3.8) is 0 Å². The molecule has 7 nitrogen and oxygen atoms in total. The molecule has 0 heterocycles. The van der Waals surface area contributed by atoms with Gasteiger partial charge in [-0.05, 0) is 79.6 Å². The maximum absolute atomic E-state index is 14.1. The largest absolute Gasteiger partial charge is 0.352 e. The number of hydrogen-bond donors (Lipinski definition) is 1. The van der Waals surface area contributed by atoms with Gasteiger partial charge in [-0.1, -0.05) is 84.9 Å². The van der Waals surface area contributed by atoms with Crippen LogP contribution in [0.1, 0.15) is 67.2 Å². The standard InChI is InChI=1S/C35H43Cl2N3O4S/c1-25-19-26(2)21-30(20-25)40(45(3,43)44)18-10-15-34(41)39(24-28-16-17-31(36)32(37)22-28)33(23-27-11-6-4-7-12-27)35(42)38-29-13-8-5-9-14-29/h4,6-7,11-12,16-17,19-22,29,33H,5,8-10,13-15,18,23-24H2,1-3H3,(H,38,42). The molecule has 1 saturated carbocycles. The first-order chi connectivity index (χ1) is 21.4. The van der Waals surface area contributed by atoms with Crippen molar-refractivity contribution in [2.24, 2.45) is 0 Å². The lowest BCUT2D eigenvalue weighted by Crippen LogP contribution is -2.52. The molecule has 2 amide bonds. The van der Waals surface area contributed by atoms with Crippen LogP contribution in [0.2, 0.25) is 10.0 Å². The minimum atomic E-state index is -3.60. The van der Waals surface area contributed by atoms with Gasteiger partial charge in [0.15, 0.2) is 0 Å². The van der Waals surface area contributed by atoms with Crippen molar-refractivity contribution in [2.75, 3.05) is 17.1 Å². The normalized spacial score (nSPS) is 14.5. The molecule has 1 N–H and O–H groups in total. The number of amides is 2. The number of nitrogens with one attached hydrogen (secondary N) is 1. The zero-order chi connectivity index (χ0) is 32.6. The quantitative estimate of drug-likeness (QED) is 0.207. The fourth-order valence-electron chi connectivity index (χ4n) is 6.03. The van der Waals surface area contributed by atoms with E-state index in [4.69, 9.17) is 23.2 Å². The Morgan fingerprint density at radius 2 is 1.56 bits per heavy atom. The Balaban J connectivity index is 1.61. The lowest BCUT2D eigenvalue weighted by atomic mass is 9.94. The van der Waals surface area contributed by atoms with Gasteiger partial charge >= 0.3 is 0 Å². The van der Waals surface area contributed by atoms with E-state index in [1.54, 1.807) is 23.1 Å². The van der Waals surface area contributed by atoms with Crippen LogP contribution in [0.5, 0.6) is 0 Å². The van der Waals surface area contributed by atoms with Gasteiger partial charge in [-0.2, -0.15) is 0 Å². The Morgan fingerprint density at radius 1 is 0.889 bits per heavy atom. The van der Waals surface area contributed by atoms with Crippen LogP contribution in [-0.2, 0) is 32.6 Å². The van der Waals surface area contributed by atoms with Gasteiger partial charge in [0.2, 0.25) is 21.8 Å². The maximum Gasteiger partial charge on any atom is 0.243 e. The first-order valence-corrected chi connectivity index (χ1v) is 18.1. The lowest BCUT2D eigenvalue weighted by molar-refractivity contribution is -0.141. The minimum Gasteiger partial charge on any atom is -0.352 e. The van der Waals surface area contributed by atoms with Crippen molar-refractivity contribution < 1.29 is 18.0 Å². The van der Waals surface area contributed by atoms with Crippen molar-refractivity contribution >= 4 is 50.7 Å². The molecule has 4 rings (SSSR count). The van der Waals surface area contributed by atoms with Crippen LogP contribution in [0.4, 0.5) is 5.69 Å². The summed E-state index contributed by atoms with van der Waals surface area (Å²) in [5, 5.41) is 4.01. The predicted molar refractivity (Wildman–Crippen MR) is 183 cm³/mol. The van der Waals surface area contributed by atoms with Crippen LogP contribution >= 0.6 is 23.2 Å². The molecule has 0 bridgehead atoms. The van der Waals surface area contributed by atoms with Gasteiger partial charge < -0.3 is 10.2 Å². The Hall–Kier alpha value is -3.07. The Labute approximate surface area is 278 Å². The van der Waals surface area contributed by atoms with Crippen LogP contribution < -0.4 is 9.62 Å². The number of anilines is 1.